The quantitative estimate of drug-likeness (QED) is 0.875. The van der Waals surface area contributed by atoms with Gasteiger partial charge in [-0.25, -0.2) is 0 Å². The molecular weight excluding hydrogens is 292 g/mol. The molecule has 1 aromatic carbocycles. The number of hydrogen-bond donors (Lipinski definition) is 2. The first-order valence-corrected chi connectivity index (χ1v) is 7.48. The van der Waals surface area contributed by atoms with Gasteiger partial charge in [0, 0.05) is 24.0 Å². The lowest BCUT2D eigenvalue weighted by Gasteiger charge is -2.24. The van der Waals surface area contributed by atoms with Crippen LogP contribution in [-0.2, 0) is 4.79 Å². The van der Waals surface area contributed by atoms with E-state index in [9.17, 15) is 9.59 Å². The van der Waals surface area contributed by atoms with Crippen LogP contribution in [0.25, 0.3) is 0 Å². The molecule has 1 aliphatic heterocycles. The molecule has 0 spiro atoms. The summed E-state index contributed by atoms with van der Waals surface area (Å²) in [6.07, 6.45) is 1.93. The first kappa shape index (κ1) is 15.6. The number of nitrogens with one attached hydrogen (secondary N) is 2. The average molecular weight is 311 g/mol. The average Bonchev–Trinajstić information content (AvgIpc) is 2.48. The lowest BCUT2D eigenvalue weighted by molar-refractivity contribution is -0.122. The fourth-order valence-electron chi connectivity index (χ4n) is 2.14. The Hall–Kier alpha value is -1.75. The monoisotopic (exact) mass is 310 g/mol. The summed E-state index contributed by atoms with van der Waals surface area (Å²) in [6.45, 7) is 3.00. The highest BCUT2D eigenvalue weighted by Crippen LogP contribution is 2.23. The smallest absolute Gasteiger partial charge is 0.255 e. The molecule has 1 fully saturated rings. The van der Waals surface area contributed by atoms with Crippen molar-refractivity contribution in [3.8, 4) is 5.75 Å². The van der Waals surface area contributed by atoms with E-state index in [2.05, 4.69) is 10.6 Å². The minimum Gasteiger partial charge on any atom is -0.493 e. The van der Waals surface area contributed by atoms with Gasteiger partial charge in [-0.15, -0.1) is 0 Å². The number of amides is 2. The third-order valence-corrected chi connectivity index (χ3v) is 3.48. The van der Waals surface area contributed by atoms with E-state index in [4.69, 9.17) is 16.3 Å². The second-order valence-corrected chi connectivity index (χ2v) is 5.44. The maximum atomic E-state index is 12.4. The van der Waals surface area contributed by atoms with Crippen LogP contribution in [0.15, 0.2) is 18.2 Å². The predicted octanol–water partition coefficient (Wildman–Crippen LogP) is 2.14. The Morgan fingerprint density at radius 3 is 3.00 bits per heavy atom. The first-order chi connectivity index (χ1) is 10.1. The summed E-state index contributed by atoms with van der Waals surface area (Å²) < 4.78 is 5.58. The van der Waals surface area contributed by atoms with Crippen LogP contribution in [0.1, 0.15) is 36.5 Å². The van der Waals surface area contributed by atoms with E-state index < -0.39 is 0 Å². The van der Waals surface area contributed by atoms with Crippen molar-refractivity contribution in [2.75, 3.05) is 13.2 Å². The zero-order valence-corrected chi connectivity index (χ0v) is 12.7. The summed E-state index contributed by atoms with van der Waals surface area (Å²) in [7, 11) is 0. The fourth-order valence-corrected chi connectivity index (χ4v) is 2.31. The summed E-state index contributed by atoms with van der Waals surface area (Å²) in [4.78, 5) is 23.5. The number of hydrogen-bond acceptors (Lipinski definition) is 3. The van der Waals surface area contributed by atoms with Crippen LogP contribution in [0.2, 0.25) is 5.02 Å². The molecule has 0 bridgehead atoms. The molecule has 5 nitrogen and oxygen atoms in total. The van der Waals surface area contributed by atoms with E-state index in [1.807, 2.05) is 6.92 Å². The van der Waals surface area contributed by atoms with Crippen LogP contribution < -0.4 is 15.4 Å². The summed E-state index contributed by atoms with van der Waals surface area (Å²) >= 11 is 5.96. The lowest BCUT2D eigenvalue weighted by Crippen LogP contribution is -2.47. The third kappa shape index (κ3) is 4.36. The molecular formula is C15H19ClN2O3. The zero-order chi connectivity index (χ0) is 15.2. The van der Waals surface area contributed by atoms with Gasteiger partial charge in [0.1, 0.15) is 5.75 Å². The molecule has 1 aromatic rings. The standard InChI is InChI=1S/C15H19ClN2O3/c1-2-7-21-13-5-3-10(16)8-12(13)15(20)18-11-4-6-14(19)17-9-11/h3,5,8,11H,2,4,6-7,9H2,1H3,(H,17,19)(H,18,20)/t11-/m0/s1. The van der Waals surface area contributed by atoms with Crippen molar-refractivity contribution in [1.82, 2.24) is 10.6 Å². The van der Waals surface area contributed by atoms with E-state index in [1.54, 1.807) is 18.2 Å². The van der Waals surface area contributed by atoms with Crippen LogP contribution in [0.3, 0.4) is 0 Å². The van der Waals surface area contributed by atoms with E-state index in [-0.39, 0.29) is 17.9 Å². The van der Waals surface area contributed by atoms with Gasteiger partial charge >= 0.3 is 0 Å². The first-order valence-electron chi connectivity index (χ1n) is 7.10. The van der Waals surface area contributed by atoms with Crippen LogP contribution >= 0.6 is 11.6 Å². The number of benzene rings is 1. The van der Waals surface area contributed by atoms with Gasteiger partial charge in [0.2, 0.25) is 5.91 Å². The number of piperidine rings is 1. The molecule has 2 amide bonds. The topological polar surface area (TPSA) is 67.4 Å². The molecule has 2 N–H and O–H groups in total. The maximum absolute atomic E-state index is 12.4. The minimum atomic E-state index is -0.232. The van der Waals surface area contributed by atoms with E-state index >= 15 is 0 Å². The molecule has 0 aromatic heterocycles. The van der Waals surface area contributed by atoms with Crippen molar-refractivity contribution >= 4 is 23.4 Å². The predicted molar refractivity (Wildman–Crippen MR) is 80.7 cm³/mol. The summed E-state index contributed by atoms with van der Waals surface area (Å²) in [6, 6.07) is 4.94. The van der Waals surface area contributed by atoms with Gasteiger partial charge in [-0.3, -0.25) is 9.59 Å². The van der Waals surface area contributed by atoms with Crippen molar-refractivity contribution in [2.45, 2.75) is 32.2 Å². The second kappa shape index (κ2) is 7.31. The van der Waals surface area contributed by atoms with Crippen LogP contribution in [-0.4, -0.2) is 31.0 Å². The summed E-state index contributed by atoms with van der Waals surface area (Å²) in [5, 5.41) is 6.13. The van der Waals surface area contributed by atoms with Crippen molar-refractivity contribution in [3.05, 3.63) is 28.8 Å². The number of halogens is 1. The van der Waals surface area contributed by atoms with Crippen LogP contribution in [0, 0.1) is 0 Å². The van der Waals surface area contributed by atoms with Crippen molar-refractivity contribution in [1.29, 1.82) is 0 Å². The van der Waals surface area contributed by atoms with Crippen molar-refractivity contribution in [3.63, 3.8) is 0 Å². The normalized spacial score (nSPS) is 18.0. The molecule has 0 radical (unpaired) electrons. The Kier molecular flexibility index (Phi) is 5.44. The Morgan fingerprint density at radius 1 is 1.52 bits per heavy atom. The Bertz CT molecular complexity index is 524. The van der Waals surface area contributed by atoms with Gasteiger partial charge < -0.3 is 15.4 Å². The molecule has 114 valence electrons. The minimum absolute atomic E-state index is 0.0234. The largest absolute Gasteiger partial charge is 0.493 e. The van der Waals surface area contributed by atoms with Crippen LogP contribution in [0.4, 0.5) is 0 Å². The van der Waals surface area contributed by atoms with Gasteiger partial charge in [-0.1, -0.05) is 18.5 Å². The van der Waals surface area contributed by atoms with Gasteiger partial charge in [0.15, 0.2) is 0 Å². The van der Waals surface area contributed by atoms with Gasteiger partial charge in [0.05, 0.1) is 12.2 Å². The third-order valence-electron chi connectivity index (χ3n) is 3.25. The molecule has 21 heavy (non-hydrogen) atoms. The zero-order valence-electron chi connectivity index (χ0n) is 11.9. The molecule has 0 aliphatic carbocycles. The van der Waals surface area contributed by atoms with Crippen molar-refractivity contribution < 1.29 is 14.3 Å². The molecule has 1 saturated heterocycles. The molecule has 0 saturated carbocycles. The number of carbonyl (C=O) groups excluding carboxylic acids is 2. The molecule has 1 atom stereocenters. The van der Waals surface area contributed by atoms with E-state index in [0.717, 1.165) is 6.42 Å². The highest BCUT2D eigenvalue weighted by atomic mass is 35.5. The maximum Gasteiger partial charge on any atom is 0.255 e. The van der Waals surface area contributed by atoms with Crippen molar-refractivity contribution in [2.24, 2.45) is 0 Å². The van der Waals surface area contributed by atoms with Gasteiger partial charge in [-0.05, 0) is 31.0 Å². The summed E-state index contributed by atoms with van der Waals surface area (Å²) in [5.41, 5.74) is 0.424. The Morgan fingerprint density at radius 2 is 2.33 bits per heavy atom. The molecule has 2 rings (SSSR count). The molecule has 1 heterocycles. The molecule has 0 unspecified atom stereocenters. The number of ether oxygens (including phenoxy) is 1. The SMILES string of the molecule is CCCOc1ccc(Cl)cc1C(=O)N[C@H]1CCC(=O)NC1. The molecule has 1 aliphatic rings. The van der Waals surface area contributed by atoms with Crippen LogP contribution in [0.5, 0.6) is 5.75 Å². The van der Waals surface area contributed by atoms with E-state index in [0.29, 0.717) is 42.3 Å². The van der Waals surface area contributed by atoms with E-state index in [1.165, 1.54) is 0 Å². The summed E-state index contributed by atoms with van der Waals surface area (Å²) in [5.74, 6) is 0.318. The van der Waals surface area contributed by atoms with Gasteiger partial charge in [-0.2, -0.15) is 0 Å². The number of rotatable bonds is 5. The Balaban J connectivity index is 2.06. The number of carbonyl (C=O) groups is 2. The highest BCUT2D eigenvalue weighted by Gasteiger charge is 2.22. The second-order valence-electron chi connectivity index (χ2n) is 5.00. The lowest BCUT2D eigenvalue weighted by atomic mass is 10.1. The Labute approximate surface area is 129 Å². The molecule has 6 heteroatoms. The fraction of sp³-hybridized carbons (Fsp3) is 0.467. The highest BCUT2D eigenvalue weighted by molar-refractivity contribution is 6.31. The van der Waals surface area contributed by atoms with Gasteiger partial charge in [0.25, 0.3) is 5.91 Å².